The molecule has 1 N–H and O–H groups in total. The van der Waals surface area contributed by atoms with Gasteiger partial charge in [0.2, 0.25) is 5.91 Å². The Hall–Kier alpha value is -1.41. The van der Waals surface area contributed by atoms with Crippen LogP contribution in [0.5, 0.6) is 0 Å². The number of carbonyl (C=O) groups is 1. The molecule has 1 aromatic heterocycles. The van der Waals surface area contributed by atoms with E-state index in [0.29, 0.717) is 26.4 Å². The van der Waals surface area contributed by atoms with E-state index in [4.69, 9.17) is 18.6 Å². The number of hydrogen-bond acceptors (Lipinski definition) is 6. The molecule has 152 valence electrons. The van der Waals surface area contributed by atoms with Crippen LogP contribution in [0.1, 0.15) is 43.7 Å². The minimum atomic E-state index is -0.501. The van der Waals surface area contributed by atoms with E-state index in [1.54, 1.807) is 6.92 Å². The molecule has 0 spiro atoms. The first kappa shape index (κ1) is 20.3. The molecular weight excluding hydrogens is 348 g/mol. The first-order valence-electron chi connectivity index (χ1n) is 10.0. The summed E-state index contributed by atoms with van der Waals surface area (Å²) in [5.41, 5.74) is 0. The summed E-state index contributed by atoms with van der Waals surface area (Å²) in [6.07, 6.45) is 2.89. The van der Waals surface area contributed by atoms with Crippen LogP contribution in [0.4, 0.5) is 0 Å². The van der Waals surface area contributed by atoms with Gasteiger partial charge in [0.15, 0.2) is 0 Å². The van der Waals surface area contributed by atoms with Crippen molar-refractivity contribution in [1.82, 2.24) is 10.2 Å². The van der Waals surface area contributed by atoms with Crippen molar-refractivity contribution in [3.8, 4) is 0 Å². The van der Waals surface area contributed by atoms with Gasteiger partial charge in [-0.15, -0.1) is 0 Å². The van der Waals surface area contributed by atoms with Gasteiger partial charge in [-0.3, -0.25) is 9.69 Å². The summed E-state index contributed by atoms with van der Waals surface area (Å²) in [7, 11) is 0. The van der Waals surface area contributed by atoms with E-state index in [9.17, 15) is 4.79 Å². The molecule has 1 amide bonds. The molecule has 1 aromatic rings. The molecule has 7 heteroatoms. The predicted molar refractivity (Wildman–Crippen MR) is 101 cm³/mol. The van der Waals surface area contributed by atoms with Gasteiger partial charge in [-0.05, 0) is 45.2 Å². The van der Waals surface area contributed by atoms with E-state index in [2.05, 4.69) is 10.2 Å². The maximum Gasteiger partial charge on any atom is 0.248 e. The average Bonchev–Trinajstić information content (AvgIpc) is 3.13. The zero-order valence-corrected chi connectivity index (χ0v) is 16.4. The van der Waals surface area contributed by atoms with Crippen LogP contribution in [-0.4, -0.2) is 69.1 Å². The van der Waals surface area contributed by atoms with Gasteiger partial charge in [0, 0.05) is 26.2 Å². The number of amides is 1. The molecule has 0 aromatic carbocycles. The van der Waals surface area contributed by atoms with Gasteiger partial charge < -0.3 is 23.9 Å². The summed E-state index contributed by atoms with van der Waals surface area (Å²) >= 11 is 0. The van der Waals surface area contributed by atoms with Gasteiger partial charge in [0.25, 0.3) is 0 Å². The number of aryl methyl sites for hydroxylation is 1. The van der Waals surface area contributed by atoms with Crippen molar-refractivity contribution in [2.75, 3.05) is 46.1 Å². The minimum Gasteiger partial charge on any atom is -0.465 e. The number of ether oxygens (including phenoxy) is 3. The van der Waals surface area contributed by atoms with Gasteiger partial charge in [0.05, 0.1) is 32.0 Å². The number of morpholine rings is 1. The fraction of sp³-hybridized carbons (Fsp3) is 0.750. The normalized spacial score (nSPS) is 23.7. The van der Waals surface area contributed by atoms with Crippen molar-refractivity contribution >= 4 is 5.91 Å². The first-order valence-corrected chi connectivity index (χ1v) is 10.0. The Morgan fingerprint density at radius 2 is 2.11 bits per heavy atom. The highest BCUT2D eigenvalue weighted by molar-refractivity contribution is 5.80. The molecule has 0 bridgehead atoms. The number of carbonyl (C=O) groups excluding carboxylic acids is 1. The lowest BCUT2D eigenvalue weighted by Crippen LogP contribution is -2.45. The largest absolute Gasteiger partial charge is 0.465 e. The van der Waals surface area contributed by atoms with Crippen molar-refractivity contribution in [3.63, 3.8) is 0 Å². The summed E-state index contributed by atoms with van der Waals surface area (Å²) in [4.78, 5) is 14.8. The third kappa shape index (κ3) is 6.04. The second-order valence-corrected chi connectivity index (χ2v) is 7.32. The van der Waals surface area contributed by atoms with E-state index in [0.717, 1.165) is 44.1 Å². The van der Waals surface area contributed by atoms with Gasteiger partial charge in [-0.25, -0.2) is 0 Å². The van der Waals surface area contributed by atoms with Crippen molar-refractivity contribution in [3.05, 3.63) is 23.7 Å². The maximum atomic E-state index is 12.5. The van der Waals surface area contributed by atoms with E-state index in [-0.39, 0.29) is 18.1 Å². The van der Waals surface area contributed by atoms with E-state index >= 15 is 0 Å². The average molecular weight is 380 g/mol. The molecule has 3 unspecified atom stereocenters. The Labute approximate surface area is 161 Å². The lowest BCUT2D eigenvalue weighted by Gasteiger charge is -2.33. The zero-order chi connectivity index (χ0) is 19.1. The van der Waals surface area contributed by atoms with Crippen LogP contribution >= 0.6 is 0 Å². The summed E-state index contributed by atoms with van der Waals surface area (Å²) in [6, 6.07) is 3.95. The molecule has 27 heavy (non-hydrogen) atoms. The summed E-state index contributed by atoms with van der Waals surface area (Å²) in [6.45, 7) is 8.52. The zero-order valence-electron chi connectivity index (χ0n) is 16.4. The van der Waals surface area contributed by atoms with E-state index in [1.807, 2.05) is 19.1 Å². The number of nitrogens with one attached hydrogen (secondary N) is 1. The molecule has 3 atom stereocenters. The topological polar surface area (TPSA) is 73.2 Å². The third-order valence-corrected chi connectivity index (χ3v) is 5.22. The molecule has 2 aliphatic rings. The molecule has 0 saturated carbocycles. The first-order chi connectivity index (χ1) is 13.1. The highest BCUT2D eigenvalue weighted by Gasteiger charge is 2.27. The monoisotopic (exact) mass is 380 g/mol. The number of nitrogens with zero attached hydrogens (tertiary/aromatic N) is 1. The Bertz CT molecular complexity index is 579. The van der Waals surface area contributed by atoms with Crippen LogP contribution in [0.15, 0.2) is 16.5 Å². The second-order valence-electron chi connectivity index (χ2n) is 7.32. The predicted octanol–water partition coefficient (Wildman–Crippen LogP) is 2.05. The van der Waals surface area contributed by atoms with Gasteiger partial charge >= 0.3 is 0 Å². The van der Waals surface area contributed by atoms with E-state index < -0.39 is 6.10 Å². The highest BCUT2D eigenvalue weighted by Crippen LogP contribution is 2.23. The molecule has 0 radical (unpaired) electrons. The van der Waals surface area contributed by atoms with Gasteiger partial charge in [0.1, 0.15) is 17.6 Å². The van der Waals surface area contributed by atoms with Crippen LogP contribution in [0, 0.1) is 6.92 Å². The quantitative estimate of drug-likeness (QED) is 0.744. The number of hydrogen-bond donors (Lipinski definition) is 1. The van der Waals surface area contributed by atoms with Crippen molar-refractivity contribution in [2.24, 2.45) is 0 Å². The van der Waals surface area contributed by atoms with Crippen LogP contribution in [0.25, 0.3) is 0 Å². The fourth-order valence-electron chi connectivity index (χ4n) is 3.54. The molecule has 2 aliphatic heterocycles. The maximum absolute atomic E-state index is 12.5. The SMILES string of the molecule is Cc1ccc(C(CNC(=O)C(C)OCC2CCCCO2)N2CCOCC2)o1. The summed E-state index contributed by atoms with van der Waals surface area (Å²) in [5.74, 6) is 1.64. The Morgan fingerprint density at radius 1 is 1.30 bits per heavy atom. The standard InChI is InChI=1S/C20H32N2O5/c1-15-6-7-19(27-15)18(22-8-11-24-12-9-22)13-21-20(23)16(2)26-14-17-5-3-4-10-25-17/h6-7,16-18H,3-5,8-14H2,1-2H3,(H,21,23). The molecule has 2 fully saturated rings. The second kappa shape index (κ2) is 10.2. The van der Waals surface area contributed by atoms with Crippen LogP contribution < -0.4 is 5.32 Å². The smallest absolute Gasteiger partial charge is 0.248 e. The van der Waals surface area contributed by atoms with Crippen molar-refractivity contribution < 1.29 is 23.4 Å². The highest BCUT2D eigenvalue weighted by atomic mass is 16.5. The molecular formula is C20H32N2O5. The van der Waals surface area contributed by atoms with Crippen LogP contribution in [-0.2, 0) is 19.0 Å². The Kier molecular flexibility index (Phi) is 7.70. The van der Waals surface area contributed by atoms with Gasteiger partial charge in [-0.1, -0.05) is 0 Å². The molecule has 7 nitrogen and oxygen atoms in total. The van der Waals surface area contributed by atoms with Crippen LogP contribution in [0.3, 0.4) is 0 Å². The molecule has 2 saturated heterocycles. The molecule has 3 rings (SSSR count). The minimum absolute atomic E-state index is 0.000396. The van der Waals surface area contributed by atoms with E-state index in [1.165, 1.54) is 6.42 Å². The van der Waals surface area contributed by atoms with Crippen molar-refractivity contribution in [2.45, 2.75) is 51.4 Å². The van der Waals surface area contributed by atoms with Gasteiger partial charge in [-0.2, -0.15) is 0 Å². The molecule has 0 aliphatic carbocycles. The van der Waals surface area contributed by atoms with Crippen molar-refractivity contribution in [1.29, 1.82) is 0 Å². The van der Waals surface area contributed by atoms with Crippen LogP contribution in [0.2, 0.25) is 0 Å². The lowest BCUT2D eigenvalue weighted by molar-refractivity contribution is -0.135. The Morgan fingerprint density at radius 3 is 2.78 bits per heavy atom. The molecule has 3 heterocycles. The third-order valence-electron chi connectivity index (χ3n) is 5.22. The lowest BCUT2D eigenvalue weighted by atomic mass is 10.1. The Balaban J connectivity index is 1.50. The summed E-state index contributed by atoms with van der Waals surface area (Å²) < 4.78 is 22.7. The number of rotatable bonds is 8. The fourth-order valence-corrected chi connectivity index (χ4v) is 3.54. The summed E-state index contributed by atoms with van der Waals surface area (Å²) in [5, 5.41) is 3.03. The number of furan rings is 1.